The van der Waals surface area contributed by atoms with Gasteiger partial charge in [0.1, 0.15) is 0 Å². The predicted octanol–water partition coefficient (Wildman–Crippen LogP) is 6.13. The van der Waals surface area contributed by atoms with Crippen LogP contribution in [0.4, 0.5) is 0 Å². The van der Waals surface area contributed by atoms with Gasteiger partial charge in [0.25, 0.3) is 0 Å². The molecule has 1 heteroatoms. The number of hydrogen-bond acceptors (Lipinski definition) is 1. The Morgan fingerprint density at radius 3 is 1.25 bits per heavy atom. The maximum Gasteiger partial charge on any atom is 0.193 e. The van der Waals surface area contributed by atoms with Crippen LogP contribution in [0.25, 0.3) is 0 Å². The molecule has 0 N–H and O–H groups in total. The average Bonchev–Trinajstić information content (AvgIpc) is 2.44. The summed E-state index contributed by atoms with van der Waals surface area (Å²) >= 11 is 0. The molecule has 0 heterocycles. The zero-order chi connectivity index (χ0) is 18.3. The number of rotatable bonds is 2. The number of benzene rings is 2. The smallest absolute Gasteiger partial charge is 0.193 e. The van der Waals surface area contributed by atoms with Crippen molar-refractivity contribution in [3.05, 3.63) is 69.8 Å². The van der Waals surface area contributed by atoms with Crippen LogP contribution in [0, 0.1) is 13.8 Å². The van der Waals surface area contributed by atoms with Crippen molar-refractivity contribution in [2.45, 2.75) is 66.2 Å². The van der Waals surface area contributed by atoms with E-state index in [4.69, 9.17) is 0 Å². The molecule has 0 amide bonds. The van der Waals surface area contributed by atoms with Gasteiger partial charge < -0.3 is 0 Å². The molecule has 0 aliphatic heterocycles. The summed E-state index contributed by atoms with van der Waals surface area (Å²) in [6.07, 6.45) is 0. The summed E-state index contributed by atoms with van der Waals surface area (Å²) in [5.41, 5.74) is 6.41. The first kappa shape index (κ1) is 18.4. The Morgan fingerprint density at radius 2 is 1.00 bits per heavy atom. The van der Waals surface area contributed by atoms with Crippen LogP contribution in [0.15, 0.2) is 36.4 Å². The highest BCUT2D eigenvalue weighted by Crippen LogP contribution is 2.28. The van der Waals surface area contributed by atoms with Crippen LogP contribution in [-0.2, 0) is 10.8 Å². The molecule has 128 valence electrons. The average molecular weight is 322 g/mol. The molecule has 0 saturated carbocycles. The summed E-state index contributed by atoms with van der Waals surface area (Å²) in [7, 11) is 0. The van der Waals surface area contributed by atoms with Gasteiger partial charge in [0.05, 0.1) is 0 Å². The summed E-state index contributed by atoms with van der Waals surface area (Å²) in [5.74, 6) is 0.117. The first-order chi connectivity index (χ1) is 10.9. The van der Waals surface area contributed by atoms with Crippen LogP contribution >= 0.6 is 0 Å². The molecule has 0 aliphatic rings. The van der Waals surface area contributed by atoms with E-state index in [0.717, 1.165) is 22.3 Å². The van der Waals surface area contributed by atoms with E-state index in [-0.39, 0.29) is 16.6 Å². The van der Waals surface area contributed by atoms with Crippen LogP contribution < -0.4 is 0 Å². The van der Waals surface area contributed by atoms with Crippen molar-refractivity contribution in [2.75, 3.05) is 0 Å². The number of hydrogen-bond donors (Lipinski definition) is 0. The van der Waals surface area contributed by atoms with E-state index in [0.29, 0.717) is 0 Å². The number of carbonyl (C=O) groups excluding carboxylic acids is 1. The second-order valence-corrected chi connectivity index (χ2v) is 8.89. The Hall–Kier alpha value is -1.89. The van der Waals surface area contributed by atoms with E-state index < -0.39 is 0 Å². The molecule has 0 spiro atoms. The third-order valence-corrected chi connectivity index (χ3v) is 4.67. The Labute approximate surface area is 147 Å². The minimum absolute atomic E-state index is 0.0939. The summed E-state index contributed by atoms with van der Waals surface area (Å²) in [4.78, 5) is 13.0. The normalized spacial score (nSPS) is 12.3. The highest BCUT2D eigenvalue weighted by atomic mass is 16.1. The van der Waals surface area contributed by atoms with Crippen LogP contribution in [-0.4, -0.2) is 5.78 Å². The molecule has 0 saturated heterocycles. The van der Waals surface area contributed by atoms with E-state index in [2.05, 4.69) is 65.8 Å². The standard InChI is InChI=1S/C23H30O/c1-15-13-17(22(3,4)5)9-11-19(15)21(24)20-12-10-18(14-16(20)2)23(6,7)8/h9-14H,1-8H3. The van der Waals surface area contributed by atoms with Crippen LogP contribution in [0.1, 0.15) is 79.7 Å². The topological polar surface area (TPSA) is 17.1 Å². The Balaban J connectivity index is 2.43. The monoisotopic (exact) mass is 322 g/mol. The molecular formula is C23H30O. The molecule has 2 rings (SSSR count). The van der Waals surface area contributed by atoms with Crippen molar-refractivity contribution in [1.82, 2.24) is 0 Å². The summed E-state index contributed by atoms with van der Waals surface area (Å²) in [6.45, 7) is 17.2. The van der Waals surface area contributed by atoms with Crippen molar-refractivity contribution >= 4 is 5.78 Å². The first-order valence-electron chi connectivity index (χ1n) is 8.68. The quantitative estimate of drug-likeness (QED) is 0.608. The zero-order valence-corrected chi connectivity index (χ0v) is 16.4. The second-order valence-electron chi connectivity index (χ2n) is 8.89. The van der Waals surface area contributed by atoms with Gasteiger partial charge in [-0.3, -0.25) is 4.79 Å². The number of aryl methyl sites for hydroxylation is 2. The lowest BCUT2D eigenvalue weighted by atomic mass is 9.83. The largest absolute Gasteiger partial charge is 0.289 e. The fourth-order valence-electron chi connectivity index (χ4n) is 2.91. The third-order valence-electron chi connectivity index (χ3n) is 4.67. The lowest BCUT2D eigenvalue weighted by Crippen LogP contribution is -2.14. The fraction of sp³-hybridized carbons (Fsp3) is 0.435. The van der Waals surface area contributed by atoms with Crippen molar-refractivity contribution in [3.8, 4) is 0 Å². The lowest BCUT2D eigenvalue weighted by molar-refractivity contribution is 0.103. The van der Waals surface area contributed by atoms with Crippen molar-refractivity contribution in [3.63, 3.8) is 0 Å². The van der Waals surface area contributed by atoms with Gasteiger partial charge in [-0.05, 0) is 46.9 Å². The van der Waals surface area contributed by atoms with Crippen LogP contribution in [0.3, 0.4) is 0 Å². The van der Waals surface area contributed by atoms with Crippen LogP contribution in [0.5, 0.6) is 0 Å². The van der Waals surface area contributed by atoms with Crippen molar-refractivity contribution in [1.29, 1.82) is 0 Å². The first-order valence-corrected chi connectivity index (χ1v) is 8.68. The molecule has 24 heavy (non-hydrogen) atoms. The van der Waals surface area contributed by atoms with Gasteiger partial charge in [-0.2, -0.15) is 0 Å². The maximum absolute atomic E-state index is 13.0. The second kappa shape index (κ2) is 6.20. The van der Waals surface area contributed by atoms with E-state index >= 15 is 0 Å². The van der Waals surface area contributed by atoms with Crippen molar-refractivity contribution in [2.24, 2.45) is 0 Å². The third kappa shape index (κ3) is 3.77. The molecule has 0 atom stereocenters. The molecular weight excluding hydrogens is 292 g/mol. The summed E-state index contributed by atoms with van der Waals surface area (Å²) in [6, 6.07) is 12.4. The van der Waals surface area contributed by atoms with Gasteiger partial charge in [-0.25, -0.2) is 0 Å². The van der Waals surface area contributed by atoms with Crippen molar-refractivity contribution < 1.29 is 4.79 Å². The predicted molar refractivity (Wildman–Crippen MR) is 103 cm³/mol. The molecule has 2 aromatic carbocycles. The fourth-order valence-corrected chi connectivity index (χ4v) is 2.91. The van der Waals surface area contributed by atoms with Gasteiger partial charge in [-0.1, -0.05) is 77.9 Å². The van der Waals surface area contributed by atoms with E-state index in [9.17, 15) is 4.79 Å². The number of ketones is 1. The molecule has 0 bridgehead atoms. The number of carbonyl (C=O) groups is 1. The lowest BCUT2D eigenvalue weighted by Gasteiger charge is -2.21. The molecule has 1 nitrogen and oxygen atoms in total. The van der Waals surface area contributed by atoms with E-state index in [1.807, 2.05) is 26.0 Å². The minimum atomic E-state index is 0.0939. The SMILES string of the molecule is Cc1cc(C(C)(C)C)ccc1C(=O)c1ccc(C(C)(C)C)cc1C. The summed E-state index contributed by atoms with van der Waals surface area (Å²) in [5, 5.41) is 0. The Morgan fingerprint density at radius 1 is 0.667 bits per heavy atom. The maximum atomic E-state index is 13.0. The zero-order valence-electron chi connectivity index (χ0n) is 16.4. The molecule has 0 aliphatic carbocycles. The van der Waals surface area contributed by atoms with Gasteiger partial charge in [-0.15, -0.1) is 0 Å². The van der Waals surface area contributed by atoms with Gasteiger partial charge in [0.15, 0.2) is 5.78 Å². The van der Waals surface area contributed by atoms with Gasteiger partial charge >= 0.3 is 0 Å². The van der Waals surface area contributed by atoms with Gasteiger partial charge in [0, 0.05) is 11.1 Å². The molecule has 0 aromatic heterocycles. The van der Waals surface area contributed by atoms with E-state index in [1.54, 1.807) is 0 Å². The summed E-state index contributed by atoms with van der Waals surface area (Å²) < 4.78 is 0. The van der Waals surface area contributed by atoms with E-state index in [1.165, 1.54) is 11.1 Å². The molecule has 2 aromatic rings. The van der Waals surface area contributed by atoms with Gasteiger partial charge in [0.2, 0.25) is 0 Å². The van der Waals surface area contributed by atoms with Crippen LogP contribution in [0.2, 0.25) is 0 Å². The Bertz CT molecular complexity index is 702. The molecule has 0 fully saturated rings. The highest BCUT2D eigenvalue weighted by molar-refractivity contribution is 6.10. The minimum Gasteiger partial charge on any atom is -0.289 e. The highest BCUT2D eigenvalue weighted by Gasteiger charge is 2.20. The Kier molecular flexibility index (Phi) is 4.77. The molecule has 0 radical (unpaired) electrons. The molecule has 0 unspecified atom stereocenters.